The topological polar surface area (TPSA) is 32.3 Å². The lowest BCUT2D eigenvalue weighted by Gasteiger charge is -2.32. The van der Waals surface area contributed by atoms with Crippen LogP contribution >= 0.6 is 0 Å². The largest absolute Gasteiger partial charge is 0.348 e. The van der Waals surface area contributed by atoms with Crippen LogP contribution in [0.3, 0.4) is 0 Å². The Morgan fingerprint density at radius 3 is 1.97 bits per heavy atom. The zero-order valence-electron chi connectivity index (χ0n) is 18.6. The summed E-state index contributed by atoms with van der Waals surface area (Å²) in [7, 11) is 0. The number of likely N-dealkylation sites (tertiary alicyclic amines) is 1. The molecule has 1 saturated heterocycles. The molecule has 3 aromatic carbocycles. The molecule has 1 aliphatic heterocycles. The Morgan fingerprint density at radius 2 is 1.35 bits per heavy atom. The Morgan fingerprint density at radius 1 is 0.806 bits per heavy atom. The van der Waals surface area contributed by atoms with Gasteiger partial charge in [-0.15, -0.1) is 0 Å². The second-order valence-electron chi connectivity index (χ2n) is 8.83. The van der Waals surface area contributed by atoms with Crippen LogP contribution in [0.5, 0.6) is 0 Å². The number of hydrogen-bond donors (Lipinski definition) is 1. The number of amides is 1. The van der Waals surface area contributed by atoms with E-state index in [4.69, 9.17) is 0 Å². The van der Waals surface area contributed by atoms with Crippen molar-refractivity contribution in [2.75, 3.05) is 13.1 Å². The fourth-order valence-electron chi connectivity index (χ4n) is 4.27. The third-order valence-electron chi connectivity index (χ3n) is 6.33. The van der Waals surface area contributed by atoms with Crippen LogP contribution in [-0.4, -0.2) is 23.9 Å². The lowest BCUT2D eigenvalue weighted by atomic mass is 9.89. The molecule has 1 amide bonds. The van der Waals surface area contributed by atoms with Crippen LogP contribution in [0.1, 0.15) is 56.9 Å². The van der Waals surface area contributed by atoms with Gasteiger partial charge in [0.2, 0.25) is 0 Å². The van der Waals surface area contributed by atoms with E-state index in [0.717, 1.165) is 30.8 Å². The van der Waals surface area contributed by atoms with E-state index in [2.05, 4.69) is 65.7 Å². The van der Waals surface area contributed by atoms with Crippen molar-refractivity contribution in [2.24, 2.45) is 0 Å². The third-order valence-corrected chi connectivity index (χ3v) is 6.33. The molecule has 0 radical (unpaired) electrons. The van der Waals surface area contributed by atoms with E-state index in [1.807, 2.05) is 31.2 Å². The molecule has 0 saturated carbocycles. The lowest BCUT2D eigenvalue weighted by Crippen LogP contribution is -2.32. The van der Waals surface area contributed by atoms with Crippen LogP contribution in [0.15, 0.2) is 72.8 Å². The molecule has 160 valence electrons. The van der Waals surface area contributed by atoms with Gasteiger partial charge in [-0.2, -0.15) is 0 Å². The molecular weight excluding hydrogens is 380 g/mol. The highest BCUT2D eigenvalue weighted by Crippen LogP contribution is 2.29. The van der Waals surface area contributed by atoms with Gasteiger partial charge in [0.15, 0.2) is 0 Å². The van der Waals surface area contributed by atoms with Crippen molar-refractivity contribution in [3.63, 3.8) is 0 Å². The van der Waals surface area contributed by atoms with E-state index in [0.29, 0.717) is 18.0 Å². The van der Waals surface area contributed by atoms with Crippen molar-refractivity contribution < 1.29 is 4.79 Å². The Bertz CT molecular complexity index is 983. The maximum Gasteiger partial charge on any atom is 0.251 e. The monoisotopic (exact) mass is 412 g/mol. The average molecular weight is 413 g/mol. The van der Waals surface area contributed by atoms with E-state index in [-0.39, 0.29) is 5.91 Å². The molecule has 0 aliphatic carbocycles. The molecule has 1 N–H and O–H groups in total. The average Bonchev–Trinajstić information content (AvgIpc) is 2.80. The summed E-state index contributed by atoms with van der Waals surface area (Å²) in [5, 5.41) is 3.02. The highest BCUT2D eigenvalue weighted by atomic mass is 16.1. The molecule has 3 heteroatoms. The molecule has 3 aromatic rings. The summed E-state index contributed by atoms with van der Waals surface area (Å²) in [4.78, 5) is 14.9. The number of carbonyl (C=O) groups excluding carboxylic acids is 1. The molecule has 3 nitrogen and oxygen atoms in total. The number of rotatable bonds is 6. The molecule has 0 aromatic heterocycles. The Kier molecular flexibility index (Phi) is 6.83. The minimum atomic E-state index is -0.0231. The van der Waals surface area contributed by atoms with Gasteiger partial charge in [0.05, 0.1) is 0 Å². The molecule has 0 bridgehead atoms. The molecule has 4 rings (SSSR count). The number of aryl methyl sites for hydroxylation is 2. The zero-order chi connectivity index (χ0) is 21.6. The molecule has 0 spiro atoms. The predicted molar refractivity (Wildman–Crippen MR) is 127 cm³/mol. The summed E-state index contributed by atoms with van der Waals surface area (Å²) in [5.41, 5.74) is 7.15. The van der Waals surface area contributed by atoms with Crippen molar-refractivity contribution in [2.45, 2.75) is 45.7 Å². The number of carbonyl (C=O) groups is 1. The summed E-state index contributed by atoms with van der Waals surface area (Å²) in [6.45, 7) is 8.06. The number of benzene rings is 3. The first-order valence-corrected chi connectivity index (χ1v) is 11.3. The van der Waals surface area contributed by atoms with Crippen LogP contribution in [0, 0.1) is 13.8 Å². The van der Waals surface area contributed by atoms with Gasteiger partial charge >= 0.3 is 0 Å². The van der Waals surface area contributed by atoms with Crippen LogP contribution in [0.25, 0.3) is 0 Å². The fourth-order valence-corrected chi connectivity index (χ4v) is 4.27. The summed E-state index contributed by atoms with van der Waals surface area (Å²) in [6.07, 6.45) is 2.41. The van der Waals surface area contributed by atoms with Gasteiger partial charge in [-0.25, -0.2) is 0 Å². The van der Waals surface area contributed by atoms with E-state index in [1.54, 1.807) is 0 Å². The minimum Gasteiger partial charge on any atom is -0.348 e. The van der Waals surface area contributed by atoms with Gasteiger partial charge in [-0.3, -0.25) is 9.69 Å². The molecule has 0 atom stereocenters. The van der Waals surface area contributed by atoms with Gasteiger partial charge in [0.25, 0.3) is 5.91 Å². The molecule has 31 heavy (non-hydrogen) atoms. The van der Waals surface area contributed by atoms with Gasteiger partial charge in [-0.05, 0) is 74.5 Å². The quantitative estimate of drug-likeness (QED) is 0.570. The third kappa shape index (κ3) is 5.83. The van der Waals surface area contributed by atoms with Gasteiger partial charge < -0.3 is 5.32 Å². The highest BCUT2D eigenvalue weighted by molar-refractivity contribution is 5.94. The molecule has 1 aliphatic rings. The van der Waals surface area contributed by atoms with Crippen molar-refractivity contribution in [3.05, 3.63) is 106 Å². The maximum atomic E-state index is 12.3. The molecule has 1 fully saturated rings. The Balaban J connectivity index is 1.25. The van der Waals surface area contributed by atoms with E-state index >= 15 is 0 Å². The highest BCUT2D eigenvalue weighted by Gasteiger charge is 2.20. The van der Waals surface area contributed by atoms with Crippen molar-refractivity contribution in [1.82, 2.24) is 10.2 Å². The molecule has 1 heterocycles. The van der Waals surface area contributed by atoms with Gasteiger partial charge in [0.1, 0.15) is 0 Å². The second kappa shape index (κ2) is 9.93. The summed E-state index contributed by atoms with van der Waals surface area (Å²) >= 11 is 0. The van der Waals surface area contributed by atoms with E-state index in [9.17, 15) is 4.79 Å². The van der Waals surface area contributed by atoms with Crippen LogP contribution in [0.2, 0.25) is 0 Å². The summed E-state index contributed by atoms with van der Waals surface area (Å²) in [6, 6.07) is 25.4. The maximum absolute atomic E-state index is 12.3. The first-order valence-electron chi connectivity index (χ1n) is 11.3. The van der Waals surface area contributed by atoms with Gasteiger partial charge in [0, 0.05) is 18.7 Å². The standard InChI is InChI=1S/C28H32N2O/c1-21-3-7-24(8-4-21)20-30-17-15-26(16-18-30)25-13-9-23(10-14-25)19-29-28(31)27-11-5-22(2)6-12-27/h3-14,26H,15-20H2,1-2H3,(H,29,31). The number of nitrogens with one attached hydrogen (secondary N) is 1. The van der Waals surface area contributed by atoms with Crippen LogP contribution in [0.4, 0.5) is 0 Å². The van der Waals surface area contributed by atoms with Crippen molar-refractivity contribution >= 4 is 5.91 Å². The van der Waals surface area contributed by atoms with E-state index < -0.39 is 0 Å². The molecular formula is C28H32N2O. The first kappa shape index (κ1) is 21.3. The van der Waals surface area contributed by atoms with Gasteiger partial charge in [-0.1, -0.05) is 71.8 Å². The lowest BCUT2D eigenvalue weighted by molar-refractivity contribution is 0.0951. The number of piperidine rings is 1. The van der Waals surface area contributed by atoms with Crippen molar-refractivity contribution in [1.29, 1.82) is 0 Å². The van der Waals surface area contributed by atoms with E-state index in [1.165, 1.54) is 29.5 Å². The molecule has 0 unspecified atom stereocenters. The van der Waals surface area contributed by atoms with Crippen LogP contribution < -0.4 is 5.32 Å². The summed E-state index contributed by atoms with van der Waals surface area (Å²) in [5.74, 6) is 0.607. The number of hydrogen-bond acceptors (Lipinski definition) is 2. The Hall–Kier alpha value is -2.91. The second-order valence-corrected chi connectivity index (χ2v) is 8.83. The predicted octanol–water partition coefficient (Wildman–Crippen LogP) is 5.61. The zero-order valence-corrected chi connectivity index (χ0v) is 18.6. The number of nitrogens with zero attached hydrogens (tertiary/aromatic N) is 1. The smallest absolute Gasteiger partial charge is 0.251 e. The summed E-state index contributed by atoms with van der Waals surface area (Å²) < 4.78 is 0. The van der Waals surface area contributed by atoms with Crippen LogP contribution in [-0.2, 0) is 13.1 Å². The Labute approximate surface area is 186 Å². The first-order chi connectivity index (χ1) is 15.1. The van der Waals surface area contributed by atoms with Crippen molar-refractivity contribution in [3.8, 4) is 0 Å². The SMILES string of the molecule is Cc1ccc(CN2CCC(c3ccc(CNC(=O)c4ccc(C)cc4)cc3)CC2)cc1. The minimum absolute atomic E-state index is 0.0231. The normalized spacial score (nSPS) is 15.0. The fraction of sp³-hybridized carbons (Fsp3) is 0.321.